The van der Waals surface area contributed by atoms with E-state index in [0.717, 1.165) is 0 Å². The molecule has 7 heteroatoms. The summed E-state index contributed by atoms with van der Waals surface area (Å²) in [6, 6.07) is 0. The smallest absolute Gasteiger partial charge is 0.759 e. The van der Waals surface area contributed by atoms with E-state index in [-0.39, 0.29) is 34.4 Å². The summed E-state index contributed by atoms with van der Waals surface area (Å²) in [5.74, 6) is 0. The van der Waals surface area contributed by atoms with Crippen molar-refractivity contribution in [3.63, 3.8) is 0 Å². The molecule has 4 nitrogen and oxygen atoms in total. The van der Waals surface area contributed by atoms with Crippen LogP contribution in [-0.4, -0.2) is 34.9 Å². The Morgan fingerprint density at radius 2 is 1.14 bits per heavy atom. The molecule has 0 bridgehead atoms. The van der Waals surface area contributed by atoms with Gasteiger partial charge in [0.05, 0.1) is 0 Å². The predicted molar refractivity (Wildman–Crippen MR) is 16.2 cm³/mol. The van der Waals surface area contributed by atoms with Crippen LogP contribution in [-0.2, 0) is 27.5 Å². The van der Waals surface area contributed by atoms with Crippen LogP contribution in [0.15, 0.2) is 0 Å². The number of hydrogen-bond donors (Lipinski definition) is 0. The molecule has 0 aromatic heterocycles. The van der Waals surface area contributed by atoms with Crippen molar-refractivity contribution in [3.8, 4) is 0 Å². The van der Waals surface area contributed by atoms with E-state index in [0.29, 0.717) is 0 Å². The van der Waals surface area contributed by atoms with Gasteiger partial charge in [0.15, 0.2) is 0 Å². The molecule has 0 rings (SSSR count). The Labute approximate surface area is 62.5 Å². The Morgan fingerprint density at radius 3 is 1.14 bits per heavy atom. The average molecular weight is 187 g/mol. The maximum atomic E-state index is 8.52. The second-order valence-electron chi connectivity index (χ2n) is 0.408. The van der Waals surface area contributed by atoms with Gasteiger partial charge in [0.2, 0.25) is 0 Å². The van der Waals surface area contributed by atoms with E-state index in [1.54, 1.807) is 0 Å². The van der Waals surface area contributed by atoms with Crippen molar-refractivity contribution in [2.45, 2.75) is 0 Å². The van der Waals surface area contributed by atoms with Crippen LogP contribution in [0.1, 0.15) is 0 Å². The molecule has 0 atom stereocenters. The zero-order chi connectivity index (χ0) is 4.50. The fourth-order valence-electron chi connectivity index (χ4n) is 0. The molecule has 0 amide bonds. The minimum atomic E-state index is -5.17. The molecule has 0 saturated heterocycles. The van der Waals surface area contributed by atoms with Crippen molar-refractivity contribution in [2.24, 2.45) is 0 Å². The molecule has 0 fully saturated rings. The fourth-order valence-corrected chi connectivity index (χ4v) is 0. The first-order valence-corrected chi connectivity index (χ1v) is 2.00. The average Bonchev–Trinajstić information content (AvgIpc) is 0.722. The Morgan fingerprint density at radius 1 is 1.14 bits per heavy atom. The van der Waals surface area contributed by atoms with Gasteiger partial charge in [-0.25, -0.2) is 0 Å². The van der Waals surface area contributed by atoms with Crippen molar-refractivity contribution in [2.75, 3.05) is 0 Å². The Kier molecular flexibility index (Phi) is 11.3. The molecular weight excluding hydrogens is 187 g/mol. The van der Waals surface area contributed by atoms with Gasteiger partial charge < -0.3 is 9.11 Å². The van der Waals surface area contributed by atoms with Crippen LogP contribution >= 0.6 is 0 Å². The minimum Gasteiger partial charge on any atom is -0.759 e. The minimum absolute atomic E-state index is 0. The maximum absolute atomic E-state index is 8.52. The Balaban J connectivity index is -0.0000000800. The first kappa shape index (κ1) is 15.7. The van der Waals surface area contributed by atoms with E-state index in [1.807, 2.05) is 0 Å². The fraction of sp³-hybridized carbons (Fsp3) is 0. The zero-order valence-corrected chi connectivity index (χ0v) is 5.83. The van der Waals surface area contributed by atoms with Gasteiger partial charge in [0, 0.05) is 10.4 Å². The van der Waals surface area contributed by atoms with Crippen LogP contribution in [0, 0.1) is 0 Å². The van der Waals surface area contributed by atoms with E-state index in [1.165, 1.54) is 0 Å². The first-order valence-electron chi connectivity index (χ1n) is 0.667. The van der Waals surface area contributed by atoms with Crippen LogP contribution in [0.4, 0.5) is 0 Å². The molecule has 0 aliphatic rings. The molecule has 0 aromatic rings. The van der Waals surface area contributed by atoms with Gasteiger partial charge in [-0.2, -0.15) is 0 Å². The topological polar surface area (TPSA) is 80.3 Å². The normalized spacial score (nSPS) is 8.29. The van der Waals surface area contributed by atoms with E-state index in [2.05, 4.69) is 0 Å². The predicted octanol–water partition coefficient (Wildman–Crippen LogP) is -1.72. The molecule has 1 radical (unpaired) electrons. The van der Waals surface area contributed by atoms with Crippen molar-refractivity contribution >= 4 is 27.8 Å². The molecule has 0 unspecified atom stereocenters. The molecule has 7 heavy (non-hydrogen) atoms. The Bertz CT molecular complexity index is 94.9. The molecule has 0 spiro atoms. The molecule has 0 aromatic carbocycles. The van der Waals surface area contributed by atoms with E-state index >= 15 is 0 Å². The molecule has 41 valence electrons. The van der Waals surface area contributed by atoms with Crippen LogP contribution in [0.25, 0.3) is 0 Å². The first-order chi connectivity index (χ1) is 2.00. The van der Waals surface area contributed by atoms with Crippen LogP contribution in [0.3, 0.4) is 0 Å². The van der Waals surface area contributed by atoms with Crippen LogP contribution in [0.5, 0.6) is 0 Å². The number of rotatable bonds is 0. The third-order valence-corrected chi connectivity index (χ3v) is 0. The summed E-state index contributed by atoms with van der Waals surface area (Å²) in [4.78, 5) is 0. The van der Waals surface area contributed by atoms with Gasteiger partial charge in [-0.15, -0.1) is 0 Å². The zero-order valence-electron chi connectivity index (χ0n) is 2.92. The van der Waals surface area contributed by atoms with Gasteiger partial charge in [0.25, 0.3) is 0 Å². The van der Waals surface area contributed by atoms with Crippen molar-refractivity contribution < 1.29 is 34.6 Å². The second kappa shape index (κ2) is 5.07. The molecule has 0 heterocycles. The summed E-state index contributed by atoms with van der Waals surface area (Å²) in [5, 5.41) is 0. The summed E-state index contributed by atoms with van der Waals surface area (Å²) in [5.41, 5.74) is 0. The van der Waals surface area contributed by atoms with Gasteiger partial charge in [-0.05, 0) is 0 Å². The van der Waals surface area contributed by atoms with Gasteiger partial charge in [0.1, 0.15) is 0 Å². The van der Waals surface area contributed by atoms with E-state index in [9.17, 15) is 0 Å². The van der Waals surface area contributed by atoms with E-state index in [4.69, 9.17) is 17.5 Å². The summed E-state index contributed by atoms with van der Waals surface area (Å²) < 4.78 is 34.1. The van der Waals surface area contributed by atoms with Crippen LogP contribution < -0.4 is 0 Å². The van der Waals surface area contributed by atoms with Gasteiger partial charge >= 0.3 is 34.4 Å². The maximum Gasteiger partial charge on any atom is 3.00 e. The monoisotopic (exact) mass is 186 g/mol. The quantitative estimate of drug-likeness (QED) is 0.256. The van der Waals surface area contributed by atoms with Crippen molar-refractivity contribution in [1.29, 1.82) is 0 Å². The molecule has 0 saturated carbocycles. The van der Waals surface area contributed by atoms with Gasteiger partial charge in [-0.3, -0.25) is 8.42 Å². The SMILES string of the molecule is O=S(=O)([O-])[O-].[Al+3].[Cu+2]. The number of hydrogen-bond acceptors (Lipinski definition) is 4. The summed E-state index contributed by atoms with van der Waals surface area (Å²) in [6.45, 7) is 0. The third-order valence-electron chi connectivity index (χ3n) is 0. The largest absolute Gasteiger partial charge is 3.00 e. The van der Waals surface area contributed by atoms with Gasteiger partial charge in [-0.1, -0.05) is 0 Å². The van der Waals surface area contributed by atoms with E-state index < -0.39 is 10.4 Å². The molecule has 0 N–H and O–H groups in total. The van der Waals surface area contributed by atoms with Crippen molar-refractivity contribution in [3.05, 3.63) is 0 Å². The molecule has 0 aliphatic carbocycles. The second-order valence-corrected chi connectivity index (χ2v) is 1.22. The summed E-state index contributed by atoms with van der Waals surface area (Å²) in [7, 11) is -5.17. The summed E-state index contributed by atoms with van der Waals surface area (Å²) in [6.07, 6.45) is 0. The third kappa shape index (κ3) is 197. The van der Waals surface area contributed by atoms with Crippen molar-refractivity contribution in [1.82, 2.24) is 0 Å². The van der Waals surface area contributed by atoms with Crippen LogP contribution in [0.2, 0.25) is 0 Å². The molecular formula is AlCuO4S+3. The molecule has 0 aliphatic heterocycles. The Hall–Kier alpha value is 0.922. The summed E-state index contributed by atoms with van der Waals surface area (Å²) >= 11 is 0. The standard InChI is InChI=1S/Al.Cu.H2O4S/c;;1-5(2,3)4/h;;(H2,1,2,3,4)/q+3;+2;/p-2.